The third-order valence-electron chi connectivity index (χ3n) is 5.00. The fourth-order valence-corrected chi connectivity index (χ4v) is 4.48. The van der Waals surface area contributed by atoms with E-state index in [4.69, 9.17) is 17.3 Å². The lowest BCUT2D eigenvalue weighted by Gasteiger charge is -2.30. The first-order valence-electron chi connectivity index (χ1n) is 9.14. The van der Waals surface area contributed by atoms with Crippen LogP contribution in [0.4, 0.5) is 14.9 Å². The summed E-state index contributed by atoms with van der Waals surface area (Å²) in [6.07, 6.45) is 0. The summed E-state index contributed by atoms with van der Waals surface area (Å²) < 4.78 is 16.8. The molecule has 1 aliphatic rings. The maximum absolute atomic E-state index is 14.1. The molecular weight excluding hydrogens is 522 g/mol. The van der Waals surface area contributed by atoms with Gasteiger partial charge < -0.3 is 20.5 Å². The van der Waals surface area contributed by atoms with Crippen molar-refractivity contribution in [3.8, 4) is 11.3 Å². The molecule has 1 aromatic heterocycles. The number of aromatic nitrogens is 1. The van der Waals surface area contributed by atoms with Crippen LogP contribution in [-0.2, 0) is 13.1 Å². The fraction of sp³-hybridized carbons (Fsp3) is 0.143. The second kappa shape index (κ2) is 8.27. The van der Waals surface area contributed by atoms with Crippen molar-refractivity contribution in [2.75, 3.05) is 11.9 Å². The Balaban J connectivity index is 1.66. The molecule has 0 spiro atoms. The van der Waals surface area contributed by atoms with Crippen molar-refractivity contribution in [1.82, 2.24) is 9.47 Å². The normalized spacial score (nSPS) is 13.1. The van der Waals surface area contributed by atoms with Gasteiger partial charge in [-0.2, -0.15) is 0 Å². The summed E-state index contributed by atoms with van der Waals surface area (Å²) in [5.41, 5.74) is 8.02. The highest BCUT2D eigenvalue weighted by Crippen LogP contribution is 2.37. The van der Waals surface area contributed by atoms with Gasteiger partial charge in [-0.05, 0) is 46.4 Å². The van der Waals surface area contributed by atoms with Crippen molar-refractivity contribution < 1.29 is 14.0 Å². The topological polar surface area (TPSA) is 80.4 Å². The van der Waals surface area contributed by atoms with Gasteiger partial charge in [-0.1, -0.05) is 41.9 Å². The number of nitrogens with zero attached hydrogens (tertiary/aromatic N) is 2. The molecule has 3 N–H and O–H groups in total. The Morgan fingerprint density at radius 3 is 2.53 bits per heavy atom. The molecule has 1 aliphatic heterocycles. The average Bonchev–Trinajstić information content (AvgIpc) is 3.01. The third kappa shape index (κ3) is 3.77. The van der Waals surface area contributed by atoms with Crippen molar-refractivity contribution in [3.05, 3.63) is 74.2 Å². The SMILES string of the molecule is NC(=O)c1c(Cl)c(-c2ccccc2)n2c1CN(C(=O)Nc1ccc(I)cc1F)CC2. The first-order valence-corrected chi connectivity index (χ1v) is 10.6. The Bertz CT molecular complexity index is 1150. The molecule has 154 valence electrons. The Morgan fingerprint density at radius 1 is 1.13 bits per heavy atom. The molecule has 3 amide bonds. The van der Waals surface area contributed by atoms with Crippen molar-refractivity contribution in [1.29, 1.82) is 0 Å². The van der Waals surface area contributed by atoms with E-state index in [0.717, 1.165) is 9.13 Å². The number of fused-ring (bicyclic) bond motifs is 1. The van der Waals surface area contributed by atoms with Gasteiger partial charge in [-0.3, -0.25) is 4.79 Å². The number of nitrogens with two attached hydrogens (primary N) is 1. The Labute approximate surface area is 190 Å². The number of carbonyl (C=O) groups is 2. The molecule has 30 heavy (non-hydrogen) atoms. The lowest BCUT2D eigenvalue weighted by molar-refractivity contribution is 0.0997. The number of nitrogens with one attached hydrogen (secondary N) is 1. The van der Waals surface area contributed by atoms with Crippen LogP contribution in [0, 0.1) is 9.39 Å². The van der Waals surface area contributed by atoms with E-state index in [1.54, 1.807) is 6.07 Å². The van der Waals surface area contributed by atoms with Crippen LogP contribution in [0.5, 0.6) is 0 Å². The summed E-state index contributed by atoms with van der Waals surface area (Å²) in [5, 5.41) is 2.86. The molecule has 3 aromatic rings. The highest BCUT2D eigenvalue weighted by atomic mass is 127. The maximum Gasteiger partial charge on any atom is 0.322 e. The molecule has 0 fully saturated rings. The van der Waals surface area contributed by atoms with E-state index < -0.39 is 17.8 Å². The number of benzene rings is 2. The van der Waals surface area contributed by atoms with Gasteiger partial charge in [0, 0.05) is 16.7 Å². The van der Waals surface area contributed by atoms with E-state index in [1.807, 2.05) is 57.5 Å². The minimum atomic E-state index is -0.656. The highest BCUT2D eigenvalue weighted by molar-refractivity contribution is 14.1. The summed E-state index contributed by atoms with van der Waals surface area (Å²) in [5.74, 6) is -1.17. The lowest BCUT2D eigenvalue weighted by atomic mass is 10.1. The maximum atomic E-state index is 14.1. The van der Waals surface area contributed by atoms with Gasteiger partial charge in [-0.25, -0.2) is 9.18 Å². The summed E-state index contributed by atoms with van der Waals surface area (Å²) in [7, 11) is 0. The molecule has 0 radical (unpaired) electrons. The summed E-state index contributed by atoms with van der Waals surface area (Å²) >= 11 is 8.55. The lowest BCUT2D eigenvalue weighted by Crippen LogP contribution is -2.41. The number of halogens is 3. The average molecular weight is 539 g/mol. The second-order valence-corrected chi connectivity index (χ2v) is 8.47. The van der Waals surface area contributed by atoms with Gasteiger partial charge in [0.25, 0.3) is 5.91 Å². The summed E-state index contributed by atoms with van der Waals surface area (Å²) in [6, 6.07) is 13.6. The molecule has 4 rings (SSSR count). The molecular formula is C21H17ClFIN4O2. The van der Waals surface area contributed by atoms with Gasteiger partial charge in [0.05, 0.1) is 34.2 Å². The molecule has 0 unspecified atom stereocenters. The number of amides is 3. The Morgan fingerprint density at radius 2 is 1.87 bits per heavy atom. The zero-order valence-electron chi connectivity index (χ0n) is 15.7. The summed E-state index contributed by atoms with van der Waals surface area (Å²) in [4.78, 5) is 26.4. The van der Waals surface area contributed by atoms with Crippen molar-refractivity contribution >= 4 is 51.8 Å². The quantitative estimate of drug-likeness (QED) is 0.474. The molecule has 9 heteroatoms. The van der Waals surface area contributed by atoms with E-state index in [1.165, 1.54) is 17.0 Å². The predicted octanol–water partition coefficient (Wildman–Crippen LogP) is 4.70. The Hall–Kier alpha value is -2.59. The largest absolute Gasteiger partial charge is 0.365 e. The number of anilines is 1. The van der Waals surface area contributed by atoms with Gasteiger partial charge >= 0.3 is 6.03 Å². The van der Waals surface area contributed by atoms with E-state index in [-0.39, 0.29) is 22.8 Å². The number of carbonyl (C=O) groups excluding carboxylic acids is 2. The molecule has 0 saturated carbocycles. The van der Waals surface area contributed by atoms with Crippen molar-refractivity contribution in [2.24, 2.45) is 5.73 Å². The van der Waals surface area contributed by atoms with E-state index in [0.29, 0.717) is 24.5 Å². The number of hydrogen-bond acceptors (Lipinski definition) is 2. The summed E-state index contributed by atoms with van der Waals surface area (Å²) in [6.45, 7) is 0.922. The molecule has 0 saturated heterocycles. The van der Waals surface area contributed by atoms with Gasteiger partial charge in [0.15, 0.2) is 0 Å². The molecule has 6 nitrogen and oxygen atoms in total. The van der Waals surface area contributed by atoms with Crippen LogP contribution in [0.2, 0.25) is 5.02 Å². The fourth-order valence-electron chi connectivity index (χ4n) is 3.61. The monoisotopic (exact) mass is 538 g/mol. The van der Waals surface area contributed by atoms with Crippen molar-refractivity contribution in [3.63, 3.8) is 0 Å². The van der Waals surface area contributed by atoms with Crippen LogP contribution in [0.25, 0.3) is 11.3 Å². The number of urea groups is 1. The van der Waals surface area contributed by atoms with Gasteiger partial charge in [0.1, 0.15) is 5.82 Å². The molecule has 0 atom stereocenters. The van der Waals surface area contributed by atoms with Crippen LogP contribution in [0.1, 0.15) is 16.1 Å². The van der Waals surface area contributed by atoms with Crippen LogP contribution < -0.4 is 11.1 Å². The first-order chi connectivity index (χ1) is 14.4. The minimum Gasteiger partial charge on any atom is -0.365 e. The van der Waals surface area contributed by atoms with Crippen molar-refractivity contribution in [2.45, 2.75) is 13.1 Å². The Kier molecular flexibility index (Phi) is 5.70. The van der Waals surface area contributed by atoms with Gasteiger partial charge in [-0.15, -0.1) is 0 Å². The highest BCUT2D eigenvalue weighted by Gasteiger charge is 2.31. The zero-order chi connectivity index (χ0) is 21.4. The second-order valence-electron chi connectivity index (χ2n) is 6.84. The van der Waals surface area contributed by atoms with E-state index in [2.05, 4.69) is 5.32 Å². The van der Waals surface area contributed by atoms with E-state index in [9.17, 15) is 14.0 Å². The molecule has 2 aromatic carbocycles. The number of primary amides is 1. The molecule has 0 aliphatic carbocycles. The van der Waals surface area contributed by atoms with Gasteiger partial charge in [0.2, 0.25) is 0 Å². The van der Waals surface area contributed by atoms with Crippen LogP contribution in [0.15, 0.2) is 48.5 Å². The van der Waals surface area contributed by atoms with Crippen LogP contribution >= 0.6 is 34.2 Å². The van der Waals surface area contributed by atoms with Crippen LogP contribution in [-0.4, -0.2) is 28.0 Å². The number of hydrogen-bond donors (Lipinski definition) is 2. The predicted molar refractivity (Wildman–Crippen MR) is 122 cm³/mol. The standard InChI is InChI=1S/C21H17ClFIN4O2/c22-18-17(20(25)29)16-11-27(21(30)26-15-7-6-13(24)10-14(15)23)8-9-28(16)19(18)12-4-2-1-3-5-12/h1-7,10H,8-9,11H2,(H2,25,29)(H,26,30). The zero-order valence-corrected chi connectivity index (χ0v) is 18.6. The molecule has 2 heterocycles. The first kappa shape index (κ1) is 20.7. The molecule has 0 bridgehead atoms. The minimum absolute atomic E-state index is 0.0968. The number of rotatable bonds is 3. The third-order valence-corrected chi connectivity index (χ3v) is 6.04. The smallest absolute Gasteiger partial charge is 0.322 e. The van der Waals surface area contributed by atoms with E-state index >= 15 is 0 Å². The van der Waals surface area contributed by atoms with Crippen LogP contribution in [0.3, 0.4) is 0 Å².